The van der Waals surface area contributed by atoms with Gasteiger partial charge in [-0.1, -0.05) is 11.6 Å². The summed E-state index contributed by atoms with van der Waals surface area (Å²) in [6, 6.07) is 4.11. The quantitative estimate of drug-likeness (QED) is 0.796. The van der Waals surface area contributed by atoms with E-state index in [9.17, 15) is 4.39 Å². The Labute approximate surface area is 157 Å². The molecule has 0 N–H and O–H groups in total. The van der Waals surface area contributed by atoms with Crippen LogP contribution in [0.2, 0.25) is 5.02 Å². The van der Waals surface area contributed by atoms with Gasteiger partial charge in [0.2, 0.25) is 5.88 Å². The summed E-state index contributed by atoms with van der Waals surface area (Å²) >= 11 is 5.80. The first-order chi connectivity index (χ1) is 12.7. The van der Waals surface area contributed by atoms with Gasteiger partial charge in [-0.25, -0.2) is 19.3 Å². The molecule has 6 nitrogen and oxygen atoms in total. The molecule has 0 unspecified atom stereocenters. The molecule has 1 saturated heterocycles. The molecule has 2 aromatic rings. The van der Waals surface area contributed by atoms with Gasteiger partial charge in [-0.2, -0.15) is 0 Å². The fraction of sp³-hybridized carbons (Fsp3) is 0.500. The number of rotatable bonds is 5. The van der Waals surface area contributed by atoms with E-state index in [2.05, 4.69) is 19.9 Å². The van der Waals surface area contributed by atoms with Crippen molar-refractivity contribution in [1.82, 2.24) is 15.0 Å². The van der Waals surface area contributed by atoms with Crippen LogP contribution in [0.15, 0.2) is 24.7 Å². The summed E-state index contributed by atoms with van der Waals surface area (Å²) < 4.78 is 19.4. The second-order valence-electron chi connectivity index (χ2n) is 6.73. The normalized spacial score (nSPS) is 18.0. The highest BCUT2D eigenvalue weighted by atomic mass is 35.5. The molecule has 0 radical (unpaired) electrons. The molecule has 0 bridgehead atoms. The molecule has 1 aliphatic carbocycles. The Kier molecular flexibility index (Phi) is 4.80. The lowest BCUT2D eigenvalue weighted by molar-refractivity contribution is 0.395. The molecule has 2 aliphatic rings. The SMILES string of the molecule is COc1cc(N(C2CC2)C2CCN(c3ncc(Cl)cc3F)CC2)ncn1. The topological polar surface area (TPSA) is 54.4 Å². The van der Waals surface area contributed by atoms with Crippen LogP contribution in [-0.4, -0.2) is 47.2 Å². The van der Waals surface area contributed by atoms with E-state index in [1.807, 2.05) is 11.0 Å². The minimum absolute atomic E-state index is 0.318. The van der Waals surface area contributed by atoms with Crippen LogP contribution in [0.3, 0.4) is 0 Å². The van der Waals surface area contributed by atoms with E-state index in [0.717, 1.165) is 31.7 Å². The number of nitrogens with zero attached hydrogens (tertiary/aromatic N) is 5. The highest BCUT2D eigenvalue weighted by Gasteiger charge is 2.37. The van der Waals surface area contributed by atoms with E-state index in [1.54, 1.807) is 13.4 Å². The van der Waals surface area contributed by atoms with Gasteiger partial charge in [-0.3, -0.25) is 0 Å². The van der Waals surface area contributed by atoms with Gasteiger partial charge in [0.05, 0.1) is 12.1 Å². The first-order valence-electron chi connectivity index (χ1n) is 8.86. The molecule has 0 atom stereocenters. The molecule has 0 spiro atoms. The van der Waals surface area contributed by atoms with Crippen molar-refractivity contribution in [3.63, 3.8) is 0 Å². The van der Waals surface area contributed by atoms with Crippen molar-refractivity contribution in [3.05, 3.63) is 35.5 Å². The third-order valence-electron chi connectivity index (χ3n) is 4.99. The molecule has 2 fully saturated rings. The molecule has 0 amide bonds. The fourth-order valence-electron chi connectivity index (χ4n) is 3.60. The summed E-state index contributed by atoms with van der Waals surface area (Å²) in [5.41, 5.74) is 0. The number of anilines is 2. The molecular formula is C18H21ClFN5O. The molecule has 1 aliphatic heterocycles. The van der Waals surface area contributed by atoms with E-state index in [-0.39, 0.29) is 5.82 Å². The second kappa shape index (κ2) is 7.23. The summed E-state index contributed by atoms with van der Waals surface area (Å²) in [5.74, 6) is 1.50. The molecule has 1 saturated carbocycles. The third-order valence-corrected chi connectivity index (χ3v) is 5.19. The first kappa shape index (κ1) is 17.3. The monoisotopic (exact) mass is 377 g/mol. The van der Waals surface area contributed by atoms with Gasteiger partial charge in [-0.15, -0.1) is 0 Å². The van der Waals surface area contributed by atoms with E-state index < -0.39 is 0 Å². The van der Waals surface area contributed by atoms with Crippen molar-refractivity contribution < 1.29 is 9.13 Å². The number of aromatic nitrogens is 3. The van der Waals surface area contributed by atoms with Gasteiger partial charge in [0, 0.05) is 37.4 Å². The number of hydrogen-bond acceptors (Lipinski definition) is 6. The smallest absolute Gasteiger partial charge is 0.218 e. The number of piperidine rings is 1. The first-order valence-corrected chi connectivity index (χ1v) is 9.24. The molecule has 0 aromatic carbocycles. The molecule has 138 valence electrons. The summed E-state index contributed by atoms with van der Waals surface area (Å²) in [7, 11) is 1.61. The number of hydrogen-bond donors (Lipinski definition) is 0. The molecule has 8 heteroatoms. The zero-order chi connectivity index (χ0) is 18.1. The van der Waals surface area contributed by atoms with Gasteiger partial charge in [0.15, 0.2) is 11.6 Å². The standard InChI is InChI=1S/C18H21ClFN5O/c1-26-17-9-16(22-11-23-17)25(13-2-3-13)14-4-6-24(7-5-14)18-15(20)8-12(19)10-21-18/h8-11,13-14H,2-7H2,1H3. The highest BCUT2D eigenvalue weighted by Crippen LogP contribution is 2.36. The van der Waals surface area contributed by atoms with Gasteiger partial charge in [0.25, 0.3) is 0 Å². The number of methoxy groups -OCH3 is 1. The van der Waals surface area contributed by atoms with Gasteiger partial charge in [0.1, 0.15) is 12.1 Å². The Bertz CT molecular complexity index is 780. The maximum absolute atomic E-state index is 14.1. The third kappa shape index (κ3) is 3.53. The summed E-state index contributed by atoms with van der Waals surface area (Å²) in [6.07, 6.45) is 7.25. The summed E-state index contributed by atoms with van der Waals surface area (Å²) in [5, 5.41) is 0.318. The van der Waals surface area contributed by atoms with Crippen LogP contribution >= 0.6 is 11.6 Å². The number of pyridine rings is 1. The van der Waals surface area contributed by atoms with Gasteiger partial charge >= 0.3 is 0 Å². The van der Waals surface area contributed by atoms with Crippen LogP contribution in [-0.2, 0) is 0 Å². The van der Waals surface area contributed by atoms with E-state index in [1.165, 1.54) is 25.1 Å². The Morgan fingerprint density at radius 2 is 1.85 bits per heavy atom. The lowest BCUT2D eigenvalue weighted by Crippen LogP contribution is -2.47. The maximum Gasteiger partial charge on any atom is 0.218 e. The van der Waals surface area contributed by atoms with Crippen LogP contribution in [0.1, 0.15) is 25.7 Å². The molecule has 2 aromatic heterocycles. The average molecular weight is 378 g/mol. The van der Waals surface area contributed by atoms with Crippen molar-refractivity contribution in [3.8, 4) is 5.88 Å². The lowest BCUT2D eigenvalue weighted by atomic mass is 10.0. The average Bonchev–Trinajstić information content (AvgIpc) is 3.48. The van der Waals surface area contributed by atoms with Crippen molar-refractivity contribution in [2.75, 3.05) is 30.0 Å². The summed E-state index contributed by atoms with van der Waals surface area (Å²) in [6.45, 7) is 1.50. The Hall–Kier alpha value is -2.15. The van der Waals surface area contributed by atoms with Crippen molar-refractivity contribution >= 4 is 23.2 Å². The predicted octanol–water partition coefficient (Wildman–Crippen LogP) is 3.31. The predicted molar refractivity (Wildman–Crippen MR) is 98.5 cm³/mol. The lowest BCUT2D eigenvalue weighted by Gasteiger charge is -2.39. The van der Waals surface area contributed by atoms with Crippen LogP contribution < -0.4 is 14.5 Å². The minimum Gasteiger partial charge on any atom is -0.481 e. The van der Waals surface area contributed by atoms with Crippen LogP contribution in [0.5, 0.6) is 5.88 Å². The number of halogens is 2. The Morgan fingerprint density at radius 3 is 2.50 bits per heavy atom. The second-order valence-corrected chi connectivity index (χ2v) is 7.17. The Balaban J connectivity index is 1.48. The van der Waals surface area contributed by atoms with Crippen LogP contribution in [0.4, 0.5) is 16.0 Å². The molecule has 26 heavy (non-hydrogen) atoms. The molecule has 3 heterocycles. The van der Waals surface area contributed by atoms with E-state index in [4.69, 9.17) is 16.3 Å². The summed E-state index contributed by atoms with van der Waals surface area (Å²) in [4.78, 5) is 17.1. The van der Waals surface area contributed by atoms with Crippen LogP contribution in [0.25, 0.3) is 0 Å². The fourth-order valence-corrected chi connectivity index (χ4v) is 3.75. The molecule has 4 rings (SSSR count). The van der Waals surface area contributed by atoms with Gasteiger partial charge in [-0.05, 0) is 31.7 Å². The van der Waals surface area contributed by atoms with Crippen molar-refractivity contribution in [2.24, 2.45) is 0 Å². The van der Waals surface area contributed by atoms with Crippen molar-refractivity contribution in [2.45, 2.75) is 37.8 Å². The molecular weight excluding hydrogens is 357 g/mol. The zero-order valence-electron chi connectivity index (χ0n) is 14.6. The van der Waals surface area contributed by atoms with Crippen molar-refractivity contribution in [1.29, 1.82) is 0 Å². The zero-order valence-corrected chi connectivity index (χ0v) is 15.4. The van der Waals surface area contributed by atoms with Gasteiger partial charge < -0.3 is 14.5 Å². The largest absolute Gasteiger partial charge is 0.481 e. The minimum atomic E-state index is -0.365. The van der Waals surface area contributed by atoms with Crippen LogP contribution in [0, 0.1) is 5.82 Å². The number of ether oxygens (including phenoxy) is 1. The van der Waals surface area contributed by atoms with E-state index in [0.29, 0.717) is 28.8 Å². The highest BCUT2D eigenvalue weighted by molar-refractivity contribution is 6.30. The Morgan fingerprint density at radius 1 is 1.12 bits per heavy atom. The maximum atomic E-state index is 14.1. The van der Waals surface area contributed by atoms with E-state index >= 15 is 0 Å².